The van der Waals surface area contributed by atoms with Crippen molar-refractivity contribution < 1.29 is 0 Å². The molecule has 0 atom stereocenters. The summed E-state index contributed by atoms with van der Waals surface area (Å²) in [4.78, 5) is 0. The molecule has 7 aromatic carbocycles. The number of halogens is 1. The third kappa shape index (κ3) is 2.76. The second-order valence-electron chi connectivity index (χ2n) is 12.9. The highest BCUT2D eigenvalue weighted by atomic mass is 35.5. The van der Waals surface area contributed by atoms with Crippen LogP contribution in [-0.2, 0) is 10.8 Å². The van der Waals surface area contributed by atoms with Crippen LogP contribution < -0.4 is 0 Å². The Kier molecular flexibility index (Phi) is 4.75. The van der Waals surface area contributed by atoms with Crippen molar-refractivity contribution in [2.24, 2.45) is 0 Å². The molecule has 0 fully saturated rings. The van der Waals surface area contributed by atoms with Crippen molar-refractivity contribution in [2.45, 2.75) is 10.8 Å². The van der Waals surface area contributed by atoms with E-state index in [1.54, 1.807) is 0 Å². The molecule has 1 aromatic heterocycles. The first kappa shape index (κ1) is 25.3. The van der Waals surface area contributed by atoms with E-state index in [4.69, 9.17) is 11.6 Å². The molecule has 3 aliphatic carbocycles. The summed E-state index contributed by atoms with van der Waals surface area (Å²) < 4.78 is 2.65. The van der Waals surface area contributed by atoms with Gasteiger partial charge in [0.1, 0.15) is 0 Å². The second-order valence-corrected chi connectivity index (χ2v) is 14.4. The summed E-state index contributed by atoms with van der Waals surface area (Å²) in [5, 5.41) is 3.41. The summed E-state index contributed by atoms with van der Waals surface area (Å²) in [5.41, 5.74) is 14.9. The first-order valence-electron chi connectivity index (χ1n) is 15.9. The van der Waals surface area contributed by atoms with E-state index in [0.29, 0.717) is 0 Å². The molecule has 0 aliphatic heterocycles. The fourth-order valence-corrected chi connectivity index (χ4v) is 10.8. The van der Waals surface area contributed by atoms with Crippen LogP contribution in [0.1, 0.15) is 44.5 Å². The summed E-state index contributed by atoms with van der Waals surface area (Å²) in [6.07, 6.45) is 0. The van der Waals surface area contributed by atoms with Crippen molar-refractivity contribution in [1.82, 2.24) is 0 Å². The predicted octanol–water partition coefficient (Wildman–Crippen LogP) is 11.7. The molecule has 214 valence electrons. The van der Waals surface area contributed by atoms with Crippen LogP contribution in [-0.4, -0.2) is 0 Å². The molecule has 3 aliphatic rings. The number of fused-ring (bicyclic) bond motifs is 19. The minimum absolute atomic E-state index is 0.438. The topological polar surface area (TPSA) is 0 Å². The normalized spacial score (nSPS) is 15.4. The maximum absolute atomic E-state index is 6.94. The Morgan fingerprint density at radius 3 is 1.46 bits per heavy atom. The summed E-state index contributed by atoms with van der Waals surface area (Å²) in [6, 6.07) is 57.0. The van der Waals surface area contributed by atoms with Crippen LogP contribution in [0.3, 0.4) is 0 Å². The largest absolute Gasteiger partial charge is 0.135 e. The molecule has 0 radical (unpaired) electrons. The Balaban J connectivity index is 1.37. The van der Waals surface area contributed by atoms with Gasteiger partial charge in [-0.1, -0.05) is 133 Å². The van der Waals surface area contributed by atoms with Crippen molar-refractivity contribution in [3.8, 4) is 22.3 Å². The fourth-order valence-electron chi connectivity index (χ4n) is 9.47. The van der Waals surface area contributed by atoms with Crippen LogP contribution in [0.4, 0.5) is 0 Å². The molecule has 0 nitrogen and oxygen atoms in total. The average molecular weight is 621 g/mol. The Morgan fingerprint density at radius 2 is 0.826 bits per heavy atom. The minimum Gasteiger partial charge on any atom is -0.135 e. The number of benzene rings is 7. The van der Waals surface area contributed by atoms with Gasteiger partial charge in [-0.25, -0.2) is 0 Å². The van der Waals surface area contributed by atoms with E-state index >= 15 is 0 Å². The molecule has 11 rings (SSSR count). The van der Waals surface area contributed by atoms with Crippen LogP contribution in [0.15, 0.2) is 152 Å². The third-order valence-corrected chi connectivity index (χ3v) is 12.4. The van der Waals surface area contributed by atoms with E-state index in [1.165, 1.54) is 86.9 Å². The number of hydrogen-bond acceptors (Lipinski definition) is 1. The first-order chi connectivity index (χ1) is 22.7. The molecule has 0 saturated heterocycles. The second kappa shape index (κ2) is 8.65. The van der Waals surface area contributed by atoms with E-state index in [-0.39, 0.29) is 0 Å². The van der Waals surface area contributed by atoms with Gasteiger partial charge in [0.25, 0.3) is 0 Å². The van der Waals surface area contributed by atoms with Gasteiger partial charge in [0.2, 0.25) is 0 Å². The molecule has 8 aromatic rings. The molecule has 0 N–H and O–H groups in total. The molecule has 0 saturated carbocycles. The van der Waals surface area contributed by atoms with E-state index in [0.717, 1.165) is 5.02 Å². The summed E-state index contributed by atoms with van der Waals surface area (Å²) in [7, 11) is 0. The van der Waals surface area contributed by atoms with Gasteiger partial charge in [0.05, 0.1) is 10.8 Å². The van der Waals surface area contributed by atoms with Crippen molar-refractivity contribution >= 4 is 43.1 Å². The van der Waals surface area contributed by atoms with Crippen molar-refractivity contribution in [1.29, 1.82) is 0 Å². The van der Waals surface area contributed by atoms with Crippen molar-refractivity contribution in [3.05, 3.63) is 201 Å². The lowest BCUT2D eigenvalue weighted by molar-refractivity contribution is 0.633. The van der Waals surface area contributed by atoms with Crippen molar-refractivity contribution in [3.63, 3.8) is 0 Å². The zero-order valence-electron chi connectivity index (χ0n) is 24.7. The number of hydrogen-bond donors (Lipinski definition) is 0. The maximum Gasteiger partial charge on any atom is 0.0720 e. The van der Waals surface area contributed by atoms with Crippen LogP contribution in [0.5, 0.6) is 0 Å². The van der Waals surface area contributed by atoms with Gasteiger partial charge >= 0.3 is 0 Å². The molecule has 2 spiro atoms. The lowest BCUT2D eigenvalue weighted by Gasteiger charge is -2.48. The van der Waals surface area contributed by atoms with Crippen molar-refractivity contribution in [2.75, 3.05) is 0 Å². The molecule has 2 heteroatoms. The van der Waals surface area contributed by atoms with E-state index < -0.39 is 10.8 Å². The van der Waals surface area contributed by atoms with Gasteiger partial charge in [-0.05, 0) is 97.1 Å². The molecule has 46 heavy (non-hydrogen) atoms. The number of rotatable bonds is 0. The van der Waals surface area contributed by atoms with Gasteiger partial charge in [-0.3, -0.25) is 0 Å². The summed E-state index contributed by atoms with van der Waals surface area (Å²) in [6.45, 7) is 0. The third-order valence-electron chi connectivity index (χ3n) is 11.0. The Labute approximate surface area is 276 Å². The fraction of sp³-hybridized carbons (Fsp3) is 0.0455. The number of thiophene rings is 1. The maximum atomic E-state index is 6.94. The molecular formula is C44H25ClS. The summed E-state index contributed by atoms with van der Waals surface area (Å²) in [5.74, 6) is 0. The highest BCUT2D eigenvalue weighted by Gasteiger charge is 2.58. The Morgan fingerprint density at radius 1 is 0.348 bits per heavy atom. The lowest BCUT2D eigenvalue weighted by atomic mass is 9.52. The van der Waals surface area contributed by atoms with Gasteiger partial charge in [0, 0.05) is 25.2 Å². The van der Waals surface area contributed by atoms with Crippen LogP contribution in [0.25, 0.3) is 42.4 Å². The SMILES string of the molecule is Clc1ccc2c(c1)C1(c3cc4c(cc3-2)sc2ccccc24)c2ccccc2C2(c3ccccc3-c3ccccc32)c2ccccc21. The smallest absolute Gasteiger partial charge is 0.0720 e. The lowest BCUT2D eigenvalue weighted by Crippen LogP contribution is -2.43. The zero-order valence-corrected chi connectivity index (χ0v) is 26.3. The zero-order chi connectivity index (χ0) is 30.2. The highest BCUT2D eigenvalue weighted by molar-refractivity contribution is 7.25. The van der Waals surface area contributed by atoms with E-state index in [2.05, 4.69) is 152 Å². The minimum atomic E-state index is -0.530. The summed E-state index contributed by atoms with van der Waals surface area (Å²) >= 11 is 8.83. The van der Waals surface area contributed by atoms with E-state index in [9.17, 15) is 0 Å². The van der Waals surface area contributed by atoms with Gasteiger partial charge in [-0.15, -0.1) is 11.3 Å². The molecule has 0 amide bonds. The van der Waals surface area contributed by atoms with Crippen LogP contribution in [0.2, 0.25) is 5.02 Å². The first-order valence-corrected chi connectivity index (χ1v) is 17.1. The molecule has 0 bridgehead atoms. The van der Waals surface area contributed by atoms with E-state index in [1.807, 2.05) is 11.3 Å². The average Bonchev–Trinajstić information content (AvgIpc) is 3.71. The monoisotopic (exact) mass is 620 g/mol. The van der Waals surface area contributed by atoms with Crippen LogP contribution >= 0.6 is 22.9 Å². The predicted molar refractivity (Wildman–Crippen MR) is 193 cm³/mol. The molecule has 0 unspecified atom stereocenters. The highest BCUT2D eigenvalue weighted by Crippen LogP contribution is 2.67. The molecular weight excluding hydrogens is 596 g/mol. The van der Waals surface area contributed by atoms with Gasteiger partial charge in [0.15, 0.2) is 0 Å². The Hall–Kier alpha value is -4.95. The standard InChI is InChI=1S/C44H25ClS/c45-26-21-22-29-31-25-42-32(30-13-3-10-20-41(30)46-42)24-40(31)44(39(29)23-26)37-18-8-6-16-35(37)43(36-17-7-9-19-38(36)44)33-14-4-1-11-27(33)28-12-2-5-15-34(28)43/h1-25H. The van der Waals surface area contributed by atoms with Gasteiger partial charge < -0.3 is 0 Å². The van der Waals surface area contributed by atoms with Crippen LogP contribution in [0, 0.1) is 0 Å². The quantitative estimate of drug-likeness (QED) is 0.158. The van der Waals surface area contributed by atoms with Gasteiger partial charge in [-0.2, -0.15) is 0 Å². The Bertz CT molecular complexity index is 2530. The molecule has 1 heterocycles.